The lowest BCUT2D eigenvalue weighted by atomic mass is 9.47. The maximum Gasteiger partial charge on any atom is 0.323 e. The zero-order valence-electron chi connectivity index (χ0n) is 38.0. The van der Waals surface area contributed by atoms with Gasteiger partial charge in [0, 0.05) is 37.0 Å². The molecule has 9 atom stereocenters. The molecule has 61 heavy (non-hydrogen) atoms. The van der Waals surface area contributed by atoms with E-state index < -0.39 is 46.9 Å². The molecule has 0 aliphatic heterocycles. The Morgan fingerprint density at radius 1 is 0.820 bits per heavy atom. The summed E-state index contributed by atoms with van der Waals surface area (Å²) >= 11 is 0. The van der Waals surface area contributed by atoms with Gasteiger partial charge in [-0.1, -0.05) is 103 Å². The number of esters is 1. The van der Waals surface area contributed by atoms with Crippen LogP contribution in [0.4, 0.5) is 5.69 Å². The molecule has 2 aromatic carbocycles. The molecule has 0 radical (unpaired) electrons. The van der Waals surface area contributed by atoms with Gasteiger partial charge in [-0.05, 0) is 116 Å². The minimum Gasteiger partial charge on any atom is -0.480 e. The minimum absolute atomic E-state index is 0.0627. The van der Waals surface area contributed by atoms with Crippen molar-refractivity contribution in [2.45, 2.75) is 148 Å². The van der Waals surface area contributed by atoms with Crippen LogP contribution in [-0.4, -0.2) is 86.5 Å². The molecule has 0 aromatic heterocycles. The van der Waals surface area contributed by atoms with E-state index in [0.717, 1.165) is 47.6 Å². The summed E-state index contributed by atoms with van der Waals surface area (Å²) in [5.74, 6) is 1.23. The summed E-state index contributed by atoms with van der Waals surface area (Å²) in [6.45, 7) is 11.0. The van der Waals surface area contributed by atoms with Crippen molar-refractivity contribution < 1.29 is 37.8 Å². The van der Waals surface area contributed by atoms with E-state index in [1.807, 2.05) is 43.3 Å². The van der Waals surface area contributed by atoms with Crippen LogP contribution < -0.4 is 4.90 Å². The maximum absolute atomic E-state index is 14.1. The Hall–Kier alpha value is -3.44. The number of ether oxygens (including phenoxy) is 1. The fourth-order valence-corrected chi connectivity index (χ4v) is 14.5. The fraction of sp³-hybridized carbons (Fsp3) is 0.700. The predicted octanol–water partition coefficient (Wildman–Crippen LogP) is 10.0. The zero-order chi connectivity index (χ0) is 44.3. The maximum atomic E-state index is 14.1. The predicted molar refractivity (Wildman–Crippen MR) is 242 cm³/mol. The number of allylic oxidation sites excluding steroid dienone is 1. The monoisotopic (exact) mass is 863 g/mol. The summed E-state index contributed by atoms with van der Waals surface area (Å²) in [6.07, 6.45) is 16.0. The molecule has 2 aromatic rings. The van der Waals surface area contributed by atoms with Crippen LogP contribution in [0.1, 0.15) is 131 Å². The molecule has 0 bridgehead atoms. The Morgan fingerprint density at radius 2 is 1.52 bits per heavy atom. The Kier molecular flexibility index (Phi) is 15.1. The molecule has 2 N–H and O–H groups in total. The second kappa shape index (κ2) is 19.5. The van der Waals surface area contributed by atoms with Gasteiger partial charge in [0.25, 0.3) is 0 Å². The van der Waals surface area contributed by atoms with E-state index in [1.165, 1.54) is 55.4 Å². The largest absolute Gasteiger partial charge is 0.480 e. The highest BCUT2D eigenvalue weighted by Crippen LogP contribution is 2.67. The van der Waals surface area contributed by atoms with Gasteiger partial charge < -0.3 is 19.8 Å². The van der Waals surface area contributed by atoms with E-state index in [9.17, 15) is 33.0 Å². The van der Waals surface area contributed by atoms with Crippen LogP contribution in [-0.2, 0) is 29.0 Å². The Labute approximate surface area is 365 Å². The van der Waals surface area contributed by atoms with Crippen LogP contribution in [0.2, 0.25) is 0 Å². The third-order valence-electron chi connectivity index (χ3n) is 16.0. The number of carboxylic acid groups (broad SMARTS) is 2. The van der Waals surface area contributed by atoms with Crippen LogP contribution in [0.15, 0.2) is 52.9 Å². The Morgan fingerprint density at radius 3 is 2.21 bits per heavy atom. The van der Waals surface area contributed by atoms with E-state index >= 15 is 0 Å². The van der Waals surface area contributed by atoms with Crippen molar-refractivity contribution in [3.8, 4) is 0 Å². The molecule has 4 aliphatic rings. The van der Waals surface area contributed by atoms with Crippen molar-refractivity contribution in [3.05, 3.63) is 48.0 Å². The SMILES string of the molecule is CC(C)CCC[C@@H](C)[C@H]1CCC2C3CC=C4C[C@@H](OC(=O)C(CCCCCS(=O)(=O)c5cccc6c(N(C)C)cccc56)N(CC(=O)O)CC(=O)O)CC[C@]4(C)C3CC[C@@]21C. The first kappa shape index (κ1) is 47.0. The number of sulfone groups is 1. The number of anilines is 1. The van der Waals surface area contributed by atoms with Gasteiger partial charge in [-0.2, -0.15) is 0 Å². The molecule has 3 fully saturated rings. The molecular formula is C50H74N2O8S. The molecule has 10 nitrogen and oxygen atoms in total. The summed E-state index contributed by atoms with van der Waals surface area (Å²) in [7, 11) is 0.206. The lowest BCUT2D eigenvalue weighted by Gasteiger charge is -2.58. The first-order valence-corrected chi connectivity index (χ1v) is 25.0. The molecule has 0 amide bonds. The van der Waals surface area contributed by atoms with Crippen LogP contribution in [0.5, 0.6) is 0 Å². The zero-order valence-corrected chi connectivity index (χ0v) is 38.9. The summed E-state index contributed by atoms with van der Waals surface area (Å²) < 4.78 is 33.5. The Balaban J connectivity index is 1.09. The number of hydrogen-bond acceptors (Lipinski definition) is 8. The van der Waals surface area contributed by atoms with Crippen molar-refractivity contribution >= 4 is 44.2 Å². The van der Waals surface area contributed by atoms with Crippen LogP contribution in [0.25, 0.3) is 10.8 Å². The van der Waals surface area contributed by atoms with Gasteiger partial charge >= 0.3 is 17.9 Å². The lowest BCUT2D eigenvalue weighted by molar-refractivity contribution is -0.160. The molecule has 338 valence electrons. The molecule has 4 aliphatic carbocycles. The fourth-order valence-electron chi connectivity index (χ4n) is 12.9. The first-order valence-electron chi connectivity index (χ1n) is 23.3. The van der Waals surface area contributed by atoms with Crippen molar-refractivity contribution in [2.75, 3.05) is 37.8 Å². The average Bonchev–Trinajstić information content (AvgIpc) is 3.55. The summed E-state index contributed by atoms with van der Waals surface area (Å²) in [5, 5.41) is 21.0. The summed E-state index contributed by atoms with van der Waals surface area (Å²) in [5.41, 5.74) is 2.78. The number of carbonyl (C=O) groups excluding carboxylic acids is 1. The summed E-state index contributed by atoms with van der Waals surface area (Å²) in [4.78, 5) is 41.3. The van der Waals surface area contributed by atoms with Crippen molar-refractivity contribution in [3.63, 3.8) is 0 Å². The van der Waals surface area contributed by atoms with Gasteiger partial charge in [-0.3, -0.25) is 19.3 Å². The lowest BCUT2D eigenvalue weighted by Crippen LogP contribution is -2.51. The molecule has 11 heteroatoms. The highest BCUT2D eigenvalue weighted by atomic mass is 32.2. The number of aliphatic carboxylic acids is 2. The highest BCUT2D eigenvalue weighted by Gasteiger charge is 2.59. The molecule has 0 saturated heterocycles. The van der Waals surface area contributed by atoms with Crippen molar-refractivity contribution in [2.24, 2.45) is 46.3 Å². The topological polar surface area (TPSA) is 142 Å². The van der Waals surface area contributed by atoms with E-state index in [1.54, 1.807) is 12.1 Å². The van der Waals surface area contributed by atoms with E-state index in [2.05, 4.69) is 40.7 Å². The van der Waals surface area contributed by atoms with Gasteiger partial charge in [0.05, 0.1) is 23.7 Å². The smallest absolute Gasteiger partial charge is 0.323 e. The van der Waals surface area contributed by atoms with Gasteiger partial charge in [-0.25, -0.2) is 8.42 Å². The first-order chi connectivity index (χ1) is 28.9. The normalized spacial score (nSPS) is 28.4. The number of fused-ring (bicyclic) bond motifs is 6. The van der Waals surface area contributed by atoms with Gasteiger partial charge in [-0.15, -0.1) is 0 Å². The van der Waals surface area contributed by atoms with Gasteiger partial charge in [0.15, 0.2) is 9.84 Å². The standard InChI is InChI=1S/C50H74N2O8S/c1-33(2)14-11-15-34(3)40-23-24-41-39-22-21-35-30-36(25-27-49(35,4)42(39)26-28-50(40,41)5)60-48(57)44(52(31-46(53)54)32-47(55)56)18-9-8-10-29-61(58,59)45-20-13-16-37-38(45)17-12-19-43(37)51(6)7/h12-13,16-17,19-21,33-34,36,39-42,44H,8-11,14-15,18,22-32H2,1-7H3,(H,53,54)(H,55,56)/t34-,36+,39?,40-,41?,42?,44?,49+,50-/m1/s1. The van der Waals surface area contributed by atoms with Gasteiger partial charge in [0.2, 0.25) is 0 Å². The highest BCUT2D eigenvalue weighted by molar-refractivity contribution is 7.91. The number of hydrogen-bond donors (Lipinski definition) is 2. The minimum atomic E-state index is -3.64. The van der Waals surface area contributed by atoms with Crippen molar-refractivity contribution in [1.82, 2.24) is 4.90 Å². The van der Waals surface area contributed by atoms with E-state index in [0.29, 0.717) is 54.7 Å². The van der Waals surface area contributed by atoms with Crippen LogP contribution in [0, 0.1) is 46.3 Å². The van der Waals surface area contributed by atoms with Crippen LogP contribution >= 0.6 is 0 Å². The molecule has 0 heterocycles. The van der Waals surface area contributed by atoms with E-state index in [4.69, 9.17) is 4.74 Å². The molecule has 0 spiro atoms. The number of unbranched alkanes of at least 4 members (excludes halogenated alkanes) is 2. The number of benzene rings is 2. The number of carboxylic acids is 2. The second-order valence-corrected chi connectivity index (χ2v) is 22.6. The molecule has 3 saturated carbocycles. The summed E-state index contributed by atoms with van der Waals surface area (Å²) in [6, 6.07) is 9.88. The Bertz CT molecular complexity index is 2010. The number of carbonyl (C=O) groups is 3. The second-order valence-electron chi connectivity index (χ2n) is 20.5. The molecule has 6 rings (SSSR count). The van der Waals surface area contributed by atoms with Crippen molar-refractivity contribution in [1.29, 1.82) is 0 Å². The third kappa shape index (κ3) is 10.3. The average molecular weight is 863 g/mol. The van der Waals surface area contributed by atoms with Gasteiger partial charge in [0.1, 0.15) is 12.1 Å². The quantitative estimate of drug-likeness (QED) is 0.0751. The number of nitrogens with zero attached hydrogens (tertiary/aromatic N) is 2. The molecular weight excluding hydrogens is 789 g/mol. The number of rotatable bonds is 20. The van der Waals surface area contributed by atoms with E-state index in [-0.39, 0.29) is 28.6 Å². The third-order valence-corrected chi connectivity index (χ3v) is 17.9. The molecule has 4 unspecified atom stereocenters. The van der Waals surface area contributed by atoms with Crippen LogP contribution in [0.3, 0.4) is 0 Å².